The van der Waals surface area contributed by atoms with E-state index in [1.165, 1.54) is 0 Å². The number of para-hydroxylation sites is 2. The van der Waals surface area contributed by atoms with Gasteiger partial charge in [-0.25, -0.2) is 4.98 Å². The van der Waals surface area contributed by atoms with Gasteiger partial charge in [-0.1, -0.05) is 12.1 Å². The molecule has 0 bridgehead atoms. The summed E-state index contributed by atoms with van der Waals surface area (Å²) < 4.78 is 0. The van der Waals surface area contributed by atoms with Crippen LogP contribution in [-0.2, 0) is 4.79 Å². The van der Waals surface area contributed by atoms with Crippen LogP contribution < -0.4 is 10.6 Å². The molecule has 1 saturated heterocycles. The van der Waals surface area contributed by atoms with Crippen LogP contribution in [0.3, 0.4) is 0 Å². The molecule has 1 amide bonds. The van der Waals surface area contributed by atoms with E-state index in [1.54, 1.807) is 0 Å². The van der Waals surface area contributed by atoms with Crippen molar-refractivity contribution in [3.05, 3.63) is 24.3 Å². The Morgan fingerprint density at radius 3 is 3.11 bits per heavy atom. The van der Waals surface area contributed by atoms with Crippen LogP contribution in [0.2, 0.25) is 0 Å². The predicted octanol–water partition coefficient (Wildman–Crippen LogP) is 1.64. The normalized spacial score (nSPS) is 20.4. The second-order valence-electron chi connectivity index (χ2n) is 4.64. The van der Waals surface area contributed by atoms with E-state index < -0.39 is 0 Å². The quantitative estimate of drug-likeness (QED) is 0.752. The Balaban J connectivity index is 1.76. The Kier molecular flexibility index (Phi) is 2.88. The molecule has 18 heavy (non-hydrogen) atoms. The molecule has 94 valence electrons. The van der Waals surface area contributed by atoms with E-state index in [0.717, 1.165) is 36.4 Å². The molecular formula is C13H16N4O. The number of H-pyrrole nitrogens is 1. The largest absolute Gasteiger partial charge is 0.356 e. The van der Waals surface area contributed by atoms with E-state index in [2.05, 4.69) is 20.6 Å². The predicted molar refractivity (Wildman–Crippen MR) is 70.4 cm³/mol. The first-order chi connectivity index (χ1) is 8.81. The summed E-state index contributed by atoms with van der Waals surface area (Å²) in [6.45, 7) is 0.775. The highest BCUT2D eigenvalue weighted by atomic mass is 16.1. The SMILES string of the molecule is O=C1CC(Nc2nc3ccccc3[nH]2)CCCN1. The number of rotatable bonds is 2. The van der Waals surface area contributed by atoms with Crippen LogP contribution in [-0.4, -0.2) is 28.5 Å². The maximum Gasteiger partial charge on any atom is 0.222 e. The zero-order valence-corrected chi connectivity index (χ0v) is 10.1. The molecule has 2 heterocycles. The minimum absolute atomic E-state index is 0.112. The van der Waals surface area contributed by atoms with Crippen LogP contribution in [0.5, 0.6) is 0 Å². The lowest BCUT2D eigenvalue weighted by atomic mass is 10.1. The maximum absolute atomic E-state index is 11.5. The second-order valence-corrected chi connectivity index (χ2v) is 4.64. The lowest BCUT2D eigenvalue weighted by Crippen LogP contribution is -2.27. The molecule has 5 heteroatoms. The van der Waals surface area contributed by atoms with Crippen molar-refractivity contribution in [2.24, 2.45) is 0 Å². The molecule has 3 rings (SSSR count). The number of aromatic amines is 1. The molecule has 1 atom stereocenters. The summed E-state index contributed by atoms with van der Waals surface area (Å²) in [6.07, 6.45) is 2.50. The average Bonchev–Trinajstić information content (AvgIpc) is 2.65. The van der Waals surface area contributed by atoms with Gasteiger partial charge in [-0.15, -0.1) is 0 Å². The Labute approximate surface area is 105 Å². The molecule has 1 aliphatic heterocycles. The number of anilines is 1. The minimum Gasteiger partial charge on any atom is -0.356 e. The van der Waals surface area contributed by atoms with E-state index in [1.807, 2.05) is 24.3 Å². The standard InChI is InChI=1S/C13H16N4O/c18-12-8-9(4-3-7-14-12)15-13-16-10-5-1-2-6-11(10)17-13/h1-2,5-6,9H,3-4,7-8H2,(H,14,18)(H2,15,16,17). The summed E-state index contributed by atoms with van der Waals surface area (Å²) >= 11 is 0. The molecule has 1 unspecified atom stereocenters. The lowest BCUT2D eigenvalue weighted by molar-refractivity contribution is -0.120. The highest BCUT2D eigenvalue weighted by molar-refractivity contribution is 5.78. The van der Waals surface area contributed by atoms with Crippen LogP contribution in [0.25, 0.3) is 11.0 Å². The number of benzene rings is 1. The molecule has 1 fully saturated rings. The van der Waals surface area contributed by atoms with Gasteiger partial charge in [-0.05, 0) is 25.0 Å². The van der Waals surface area contributed by atoms with Gasteiger partial charge in [0.1, 0.15) is 0 Å². The summed E-state index contributed by atoms with van der Waals surface area (Å²) in [7, 11) is 0. The highest BCUT2D eigenvalue weighted by Crippen LogP contribution is 2.16. The van der Waals surface area contributed by atoms with Crippen molar-refractivity contribution in [3.63, 3.8) is 0 Å². The number of nitrogens with zero attached hydrogens (tertiary/aromatic N) is 1. The van der Waals surface area contributed by atoms with Crippen molar-refractivity contribution < 1.29 is 4.79 Å². The van der Waals surface area contributed by atoms with Crippen LogP contribution in [0.4, 0.5) is 5.95 Å². The Morgan fingerprint density at radius 1 is 1.33 bits per heavy atom. The molecule has 0 saturated carbocycles. The van der Waals surface area contributed by atoms with Crippen LogP contribution in [0.1, 0.15) is 19.3 Å². The number of hydrogen-bond donors (Lipinski definition) is 3. The van der Waals surface area contributed by atoms with Crippen molar-refractivity contribution in [2.75, 3.05) is 11.9 Å². The lowest BCUT2D eigenvalue weighted by Gasteiger charge is -2.13. The smallest absolute Gasteiger partial charge is 0.222 e. The van der Waals surface area contributed by atoms with Gasteiger partial charge in [-0.3, -0.25) is 4.79 Å². The first-order valence-electron chi connectivity index (χ1n) is 6.29. The van der Waals surface area contributed by atoms with E-state index in [0.29, 0.717) is 6.42 Å². The van der Waals surface area contributed by atoms with Crippen LogP contribution in [0, 0.1) is 0 Å². The Bertz CT molecular complexity index is 530. The molecule has 5 nitrogen and oxygen atoms in total. The molecule has 0 aliphatic carbocycles. The number of fused-ring (bicyclic) bond motifs is 1. The molecule has 3 N–H and O–H groups in total. The van der Waals surface area contributed by atoms with Gasteiger partial charge in [0.2, 0.25) is 11.9 Å². The van der Waals surface area contributed by atoms with Gasteiger partial charge < -0.3 is 15.6 Å². The third-order valence-electron chi connectivity index (χ3n) is 3.21. The minimum atomic E-state index is 0.112. The summed E-state index contributed by atoms with van der Waals surface area (Å²) in [4.78, 5) is 19.2. The fourth-order valence-corrected chi connectivity index (χ4v) is 2.31. The van der Waals surface area contributed by atoms with E-state index in [-0.39, 0.29) is 11.9 Å². The Hall–Kier alpha value is -2.04. The van der Waals surface area contributed by atoms with Crippen LogP contribution >= 0.6 is 0 Å². The zero-order valence-electron chi connectivity index (χ0n) is 10.1. The number of carbonyl (C=O) groups is 1. The van der Waals surface area contributed by atoms with Gasteiger partial charge in [0.05, 0.1) is 11.0 Å². The van der Waals surface area contributed by atoms with E-state index in [9.17, 15) is 4.79 Å². The fraction of sp³-hybridized carbons (Fsp3) is 0.385. The third-order valence-corrected chi connectivity index (χ3v) is 3.21. The highest BCUT2D eigenvalue weighted by Gasteiger charge is 2.18. The molecule has 0 radical (unpaired) electrons. The average molecular weight is 244 g/mol. The number of imidazole rings is 1. The third kappa shape index (κ3) is 2.30. The first-order valence-corrected chi connectivity index (χ1v) is 6.29. The first kappa shape index (κ1) is 11.1. The number of amides is 1. The monoisotopic (exact) mass is 244 g/mol. The Morgan fingerprint density at radius 2 is 2.22 bits per heavy atom. The van der Waals surface area contributed by atoms with Crippen molar-refractivity contribution >= 4 is 22.9 Å². The van der Waals surface area contributed by atoms with Gasteiger partial charge in [0.15, 0.2) is 0 Å². The van der Waals surface area contributed by atoms with E-state index in [4.69, 9.17) is 0 Å². The second kappa shape index (κ2) is 4.68. The zero-order chi connectivity index (χ0) is 12.4. The molecular weight excluding hydrogens is 228 g/mol. The molecule has 1 aromatic carbocycles. The molecule has 1 aliphatic rings. The number of hydrogen-bond acceptors (Lipinski definition) is 3. The van der Waals surface area contributed by atoms with E-state index >= 15 is 0 Å². The number of aromatic nitrogens is 2. The van der Waals surface area contributed by atoms with Gasteiger partial charge in [0, 0.05) is 19.0 Å². The summed E-state index contributed by atoms with van der Waals surface area (Å²) in [5.41, 5.74) is 1.95. The van der Waals surface area contributed by atoms with Crippen molar-refractivity contribution in [1.82, 2.24) is 15.3 Å². The van der Waals surface area contributed by atoms with Crippen molar-refractivity contribution in [2.45, 2.75) is 25.3 Å². The maximum atomic E-state index is 11.5. The topological polar surface area (TPSA) is 69.8 Å². The summed E-state index contributed by atoms with van der Waals surface area (Å²) in [5, 5.41) is 6.19. The summed E-state index contributed by atoms with van der Waals surface area (Å²) in [6, 6.07) is 8.06. The summed E-state index contributed by atoms with van der Waals surface area (Å²) in [5.74, 6) is 0.858. The molecule has 0 spiro atoms. The van der Waals surface area contributed by atoms with Gasteiger partial charge in [-0.2, -0.15) is 0 Å². The van der Waals surface area contributed by atoms with Crippen molar-refractivity contribution in [3.8, 4) is 0 Å². The fourth-order valence-electron chi connectivity index (χ4n) is 2.31. The number of nitrogens with one attached hydrogen (secondary N) is 3. The number of carbonyl (C=O) groups excluding carboxylic acids is 1. The van der Waals surface area contributed by atoms with Gasteiger partial charge in [0.25, 0.3) is 0 Å². The van der Waals surface area contributed by atoms with Crippen molar-refractivity contribution in [1.29, 1.82) is 0 Å². The van der Waals surface area contributed by atoms with Crippen LogP contribution in [0.15, 0.2) is 24.3 Å². The molecule has 1 aromatic heterocycles. The molecule has 2 aromatic rings. The van der Waals surface area contributed by atoms with Gasteiger partial charge >= 0.3 is 0 Å².